The number of hydrogen-bond donors (Lipinski definition) is 2. The maximum atomic E-state index is 11.6. The van der Waals surface area contributed by atoms with Gasteiger partial charge in [0.25, 0.3) is 0 Å². The lowest BCUT2D eigenvalue weighted by Crippen LogP contribution is -2.14. The molecular weight excluding hydrogens is 369 g/mol. The topological polar surface area (TPSA) is 67.0 Å². The first-order valence-corrected chi connectivity index (χ1v) is 7.46. The Morgan fingerprint density at radius 2 is 2.15 bits per heavy atom. The van der Waals surface area contributed by atoms with Gasteiger partial charge in [-0.2, -0.15) is 5.10 Å². The Morgan fingerprint density at radius 3 is 2.85 bits per heavy atom. The van der Waals surface area contributed by atoms with Gasteiger partial charge in [0.15, 0.2) is 5.82 Å². The van der Waals surface area contributed by atoms with E-state index >= 15 is 0 Å². The lowest BCUT2D eigenvalue weighted by Gasteiger charge is -2.01. The largest absolute Gasteiger partial charge is 0.381 e. The van der Waals surface area contributed by atoms with E-state index in [1.165, 1.54) is 3.57 Å². The number of nitrogens with zero attached hydrogens (tertiary/aromatic N) is 1. The normalized spacial score (nSPS) is 10.5. The molecule has 2 aromatic rings. The number of amides is 1. The standard InChI is InChI=1S/C14H16IN3O2/c1-2-20-8-7-14(19)16-13-9-12(17-18-13)10-3-5-11(15)6-4-10/h3-6,9H,2,7-8H2,1H3,(H2,16,17,18,19). The highest BCUT2D eigenvalue weighted by atomic mass is 127. The Morgan fingerprint density at radius 1 is 1.40 bits per heavy atom. The van der Waals surface area contributed by atoms with E-state index in [-0.39, 0.29) is 5.91 Å². The van der Waals surface area contributed by atoms with Crippen LogP contribution in [0.1, 0.15) is 13.3 Å². The van der Waals surface area contributed by atoms with Crippen molar-refractivity contribution in [2.24, 2.45) is 0 Å². The molecule has 0 unspecified atom stereocenters. The van der Waals surface area contributed by atoms with Crippen molar-refractivity contribution in [1.29, 1.82) is 0 Å². The van der Waals surface area contributed by atoms with E-state index in [0.717, 1.165) is 11.3 Å². The molecule has 0 fully saturated rings. The van der Waals surface area contributed by atoms with E-state index in [1.54, 1.807) is 0 Å². The van der Waals surface area contributed by atoms with Gasteiger partial charge in [-0.15, -0.1) is 0 Å². The summed E-state index contributed by atoms with van der Waals surface area (Å²) in [6.07, 6.45) is 0.333. The maximum absolute atomic E-state index is 11.6. The molecule has 1 aromatic carbocycles. The van der Waals surface area contributed by atoms with Gasteiger partial charge in [0.05, 0.1) is 18.7 Å². The summed E-state index contributed by atoms with van der Waals surface area (Å²) in [5.41, 5.74) is 1.91. The van der Waals surface area contributed by atoms with Crippen LogP contribution in [0.3, 0.4) is 0 Å². The molecule has 0 bridgehead atoms. The minimum absolute atomic E-state index is 0.0980. The third-order valence-corrected chi connectivity index (χ3v) is 3.40. The Labute approximate surface area is 131 Å². The Balaban J connectivity index is 1.95. The molecule has 1 aromatic heterocycles. The first-order chi connectivity index (χ1) is 9.69. The molecular formula is C14H16IN3O2. The van der Waals surface area contributed by atoms with Gasteiger partial charge in [0.1, 0.15) is 0 Å². The summed E-state index contributed by atoms with van der Waals surface area (Å²) >= 11 is 2.26. The van der Waals surface area contributed by atoms with Crippen LogP contribution in [0.5, 0.6) is 0 Å². The second kappa shape index (κ2) is 7.39. The van der Waals surface area contributed by atoms with Crippen molar-refractivity contribution in [3.05, 3.63) is 33.9 Å². The van der Waals surface area contributed by atoms with Gasteiger partial charge in [-0.3, -0.25) is 9.89 Å². The number of aromatic nitrogens is 2. The van der Waals surface area contributed by atoms with Crippen molar-refractivity contribution in [2.45, 2.75) is 13.3 Å². The smallest absolute Gasteiger partial charge is 0.227 e. The van der Waals surface area contributed by atoms with E-state index in [1.807, 2.05) is 37.3 Å². The molecule has 1 amide bonds. The van der Waals surface area contributed by atoms with Gasteiger partial charge in [-0.25, -0.2) is 0 Å². The minimum Gasteiger partial charge on any atom is -0.381 e. The molecule has 0 saturated heterocycles. The molecule has 0 aliphatic heterocycles. The quantitative estimate of drug-likeness (QED) is 0.594. The predicted molar refractivity (Wildman–Crippen MR) is 86.5 cm³/mol. The second-order valence-electron chi connectivity index (χ2n) is 4.17. The van der Waals surface area contributed by atoms with Crippen molar-refractivity contribution in [3.63, 3.8) is 0 Å². The summed E-state index contributed by atoms with van der Waals surface area (Å²) in [6.45, 7) is 2.95. The molecule has 106 valence electrons. The summed E-state index contributed by atoms with van der Waals surface area (Å²) in [7, 11) is 0. The fraction of sp³-hybridized carbons (Fsp3) is 0.286. The van der Waals surface area contributed by atoms with Gasteiger partial charge in [-0.1, -0.05) is 12.1 Å². The van der Waals surface area contributed by atoms with Crippen molar-refractivity contribution in [3.8, 4) is 11.3 Å². The fourth-order valence-electron chi connectivity index (χ4n) is 1.68. The fourth-order valence-corrected chi connectivity index (χ4v) is 2.04. The van der Waals surface area contributed by atoms with Crippen LogP contribution in [0.25, 0.3) is 11.3 Å². The molecule has 6 heteroatoms. The monoisotopic (exact) mass is 385 g/mol. The van der Waals surface area contributed by atoms with Gasteiger partial charge in [0.2, 0.25) is 5.91 Å². The maximum Gasteiger partial charge on any atom is 0.227 e. The zero-order valence-electron chi connectivity index (χ0n) is 11.1. The van der Waals surface area contributed by atoms with E-state index in [2.05, 4.69) is 38.1 Å². The molecule has 0 aliphatic carbocycles. The van der Waals surface area contributed by atoms with E-state index in [4.69, 9.17) is 4.74 Å². The molecule has 2 rings (SSSR count). The van der Waals surface area contributed by atoms with Crippen LogP contribution in [-0.2, 0) is 9.53 Å². The first-order valence-electron chi connectivity index (χ1n) is 6.38. The molecule has 0 saturated carbocycles. The highest BCUT2D eigenvalue weighted by Gasteiger charge is 2.07. The average Bonchev–Trinajstić information content (AvgIpc) is 2.88. The Hall–Kier alpha value is -1.41. The molecule has 0 aliphatic rings. The van der Waals surface area contributed by atoms with Crippen LogP contribution in [-0.4, -0.2) is 29.3 Å². The van der Waals surface area contributed by atoms with Gasteiger partial charge in [-0.05, 0) is 47.2 Å². The van der Waals surface area contributed by atoms with Crippen molar-refractivity contribution in [1.82, 2.24) is 10.2 Å². The zero-order chi connectivity index (χ0) is 14.4. The Kier molecular flexibility index (Phi) is 5.54. The number of carbonyl (C=O) groups excluding carboxylic acids is 1. The number of aromatic amines is 1. The first kappa shape index (κ1) is 15.0. The number of rotatable bonds is 6. The second-order valence-corrected chi connectivity index (χ2v) is 5.41. The van der Waals surface area contributed by atoms with Crippen LogP contribution < -0.4 is 5.32 Å². The van der Waals surface area contributed by atoms with Crippen molar-refractivity contribution < 1.29 is 9.53 Å². The molecule has 0 radical (unpaired) electrons. The molecule has 20 heavy (non-hydrogen) atoms. The number of H-pyrrole nitrogens is 1. The molecule has 0 atom stereocenters. The highest BCUT2D eigenvalue weighted by molar-refractivity contribution is 14.1. The number of hydrogen-bond acceptors (Lipinski definition) is 3. The van der Waals surface area contributed by atoms with Crippen molar-refractivity contribution in [2.75, 3.05) is 18.5 Å². The lowest BCUT2D eigenvalue weighted by atomic mass is 10.1. The van der Waals surface area contributed by atoms with Crippen LogP contribution in [0.15, 0.2) is 30.3 Å². The summed E-state index contributed by atoms with van der Waals surface area (Å²) in [5, 5.41) is 9.74. The molecule has 1 heterocycles. The van der Waals surface area contributed by atoms with E-state index in [0.29, 0.717) is 25.5 Å². The van der Waals surface area contributed by atoms with Gasteiger partial charge in [0, 0.05) is 16.2 Å². The summed E-state index contributed by atoms with van der Waals surface area (Å²) in [6, 6.07) is 9.89. The number of halogens is 1. The Bertz CT molecular complexity index is 566. The summed E-state index contributed by atoms with van der Waals surface area (Å²) < 4.78 is 6.31. The third-order valence-electron chi connectivity index (χ3n) is 2.68. The number of nitrogens with one attached hydrogen (secondary N) is 2. The molecule has 2 N–H and O–H groups in total. The molecule has 0 spiro atoms. The number of benzene rings is 1. The zero-order valence-corrected chi connectivity index (χ0v) is 13.3. The van der Waals surface area contributed by atoms with E-state index < -0.39 is 0 Å². The van der Waals surface area contributed by atoms with Crippen LogP contribution in [0, 0.1) is 3.57 Å². The lowest BCUT2D eigenvalue weighted by molar-refractivity contribution is -0.117. The van der Waals surface area contributed by atoms with Crippen LogP contribution in [0.2, 0.25) is 0 Å². The SMILES string of the molecule is CCOCCC(=O)Nc1cc(-c2ccc(I)cc2)[nH]n1. The third kappa shape index (κ3) is 4.31. The van der Waals surface area contributed by atoms with E-state index in [9.17, 15) is 4.79 Å². The number of anilines is 1. The highest BCUT2D eigenvalue weighted by Crippen LogP contribution is 2.20. The predicted octanol–water partition coefficient (Wildman–Crippen LogP) is 3.05. The average molecular weight is 385 g/mol. The van der Waals surface area contributed by atoms with Gasteiger partial charge >= 0.3 is 0 Å². The molecule has 5 nitrogen and oxygen atoms in total. The van der Waals surface area contributed by atoms with Gasteiger partial charge < -0.3 is 10.1 Å². The summed E-state index contributed by atoms with van der Waals surface area (Å²) in [4.78, 5) is 11.6. The van der Waals surface area contributed by atoms with Crippen molar-refractivity contribution >= 4 is 34.3 Å². The summed E-state index contributed by atoms with van der Waals surface area (Å²) in [5.74, 6) is 0.430. The number of carbonyl (C=O) groups is 1. The number of ether oxygens (including phenoxy) is 1. The minimum atomic E-state index is -0.0980. The van der Waals surface area contributed by atoms with Crippen LogP contribution >= 0.6 is 22.6 Å². The van der Waals surface area contributed by atoms with Crippen LogP contribution in [0.4, 0.5) is 5.82 Å².